The summed E-state index contributed by atoms with van der Waals surface area (Å²) in [6.07, 6.45) is 2.43. The minimum Gasteiger partial charge on any atom is -0.441 e. The number of aromatic nitrogens is 2. The van der Waals surface area contributed by atoms with E-state index in [-0.39, 0.29) is 5.91 Å². The zero-order chi connectivity index (χ0) is 21.1. The van der Waals surface area contributed by atoms with E-state index in [0.717, 1.165) is 36.7 Å². The molecule has 0 aliphatic carbocycles. The van der Waals surface area contributed by atoms with Gasteiger partial charge in [-0.1, -0.05) is 28.4 Å². The molecular formula is C21H22Cl2N4O3. The van der Waals surface area contributed by atoms with Gasteiger partial charge in [-0.25, -0.2) is 4.98 Å². The molecule has 0 spiro atoms. The summed E-state index contributed by atoms with van der Waals surface area (Å²) in [5.74, 6) is 2.04. The van der Waals surface area contributed by atoms with Crippen molar-refractivity contribution in [2.45, 2.75) is 26.3 Å². The minimum absolute atomic E-state index is 0.106. The molecule has 0 saturated carbocycles. The predicted octanol–water partition coefficient (Wildman–Crippen LogP) is 4.22. The summed E-state index contributed by atoms with van der Waals surface area (Å²) in [6, 6.07) is 7.14. The molecule has 3 heterocycles. The van der Waals surface area contributed by atoms with E-state index in [1.165, 1.54) is 0 Å². The molecule has 3 aromatic rings. The van der Waals surface area contributed by atoms with Crippen LogP contribution in [-0.4, -0.2) is 52.0 Å². The van der Waals surface area contributed by atoms with E-state index in [1.54, 1.807) is 24.4 Å². The van der Waals surface area contributed by atoms with Crippen molar-refractivity contribution in [3.05, 3.63) is 57.9 Å². The number of benzene rings is 1. The molecule has 4 rings (SSSR count). The van der Waals surface area contributed by atoms with Crippen molar-refractivity contribution >= 4 is 29.1 Å². The van der Waals surface area contributed by atoms with Gasteiger partial charge in [0.1, 0.15) is 0 Å². The maximum Gasteiger partial charge on any atom is 0.223 e. The number of aryl methyl sites for hydroxylation is 2. The van der Waals surface area contributed by atoms with Gasteiger partial charge >= 0.3 is 0 Å². The predicted molar refractivity (Wildman–Crippen MR) is 113 cm³/mol. The third kappa shape index (κ3) is 5.03. The Labute approximate surface area is 184 Å². The van der Waals surface area contributed by atoms with Crippen LogP contribution in [0.3, 0.4) is 0 Å². The fraction of sp³-hybridized carbons (Fsp3) is 0.381. The number of carbonyl (C=O) groups is 1. The van der Waals surface area contributed by atoms with E-state index in [0.29, 0.717) is 47.6 Å². The number of hydrogen-bond donors (Lipinski definition) is 0. The van der Waals surface area contributed by atoms with Crippen molar-refractivity contribution in [2.75, 3.05) is 26.2 Å². The van der Waals surface area contributed by atoms with Crippen LogP contribution in [0.25, 0.3) is 11.3 Å². The largest absolute Gasteiger partial charge is 0.441 e. The second kappa shape index (κ2) is 9.20. The van der Waals surface area contributed by atoms with Crippen molar-refractivity contribution in [2.24, 2.45) is 0 Å². The summed E-state index contributed by atoms with van der Waals surface area (Å²) in [5.41, 5.74) is 1.61. The van der Waals surface area contributed by atoms with Crippen LogP contribution in [-0.2, 0) is 17.8 Å². The van der Waals surface area contributed by atoms with Gasteiger partial charge in [0.15, 0.2) is 17.4 Å². The van der Waals surface area contributed by atoms with Crippen LogP contribution in [0.2, 0.25) is 10.0 Å². The second-order valence-electron chi connectivity index (χ2n) is 7.33. The molecule has 0 unspecified atom stereocenters. The van der Waals surface area contributed by atoms with Gasteiger partial charge in [-0.2, -0.15) is 0 Å². The van der Waals surface area contributed by atoms with Crippen molar-refractivity contribution < 1.29 is 13.7 Å². The highest BCUT2D eigenvalue weighted by Crippen LogP contribution is 2.30. The maximum atomic E-state index is 12.6. The summed E-state index contributed by atoms with van der Waals surface area (Å²) in [6.45, 7) is 5.64. The van der Waals surface area contributed by atoms with Crippen molar-refractivity contribution in [1.82, 2.24) is 19.9 Å². The van der Waals surface area contributed by atoms with Gasteiger partial charge in [0.25, 0.3) is 0 Å². The van der Waals surface area contributed by atoms with Gasteiger partial charge in [-0.3, -0.25) is 9.69 Å². The highest BCUT2D eigenvalue weighted by Gasteiger charge is 2.22. The molecular weight excluding hydrogens is 427 g/mol. The number of halogens is 2. The molecule has 9 heteroatoms. The molecule has 1 aliphatic rings. The van der Waals surface area contributed by atoms with Crippen LogP contribution < -0.4 is 0 Å². The number of rotatable bonds is 6. The first-order valence-electron chi connectivity index (χ1n) is 9.80. The van der Waals surface area contributed by atoms with Crippen LogP contribution >= 0.6 is 23.2 Å². The molecule has 0 atom stereocenters. The Morgan fingerprint density at radius 3 is 2.67 bits per heavy atom. The summed E-state index contributed by atoms with van der Waals surface area (Å²) >= 11 is 12.2. The van der Waals surface area contributed by atoms with Gasteiger partial charge in [0, 0.05) is 55.7 Å². The molecule has 30 heavy (non-hydrogen) atoms. The van der Waals surface area contributed by atoms with Crippen LogP contribution in [0.15, 0.2) is 39.4 Å². The van der Waals surface area contributed by atoms with E-state index >= 15 is 0 Å². The monoisotopic (exact) mass is 448 g/mol. The minimum atomic E-state index is 0.106. The molecule has 1 aliphatic heterocycles. The third-order valence-corrected chi connectivity index (χ3v) is 5.63. The van der Waals surface area contributed by atoms with E-state index < -0.39 is 0 Å². The summed E-state index contributed by atoms with van der Waals surface area (Å²) < 4.78 is 11.1. The Kier molecular flexibility index (Phi) is 6.41. The van der Waals surface area contributed by atoms with Crippen molar-refractivity contribution in [1.29, 1.82) is 0 Å². The SMILES string of the molecule is Cc1cc(CN2CCN(C(=O)CCc3ncc(-c4ccc(Cl)cc4Cl)o3)CC2)on1. The lowest BCUT2D eigenvalue weighted by molar-refractivity contribution is -0.133. The summed E-state index contributed by atoms with van der Waals surface area (Å²) in [5, 5.41) is 4.97. The first-order chi connectivity index (χ1) is 14.5. The van der Waals surface area contributed by atoms with Crippen LogP contribution in [0, 0.1) is 6.92 Å². The van der Waals surface area contributed by atoms with Gasteiger partial charge < -0.3 is 13.8 Å². The lowest BCUT2D eigenvalue weighted by Crippen LogP contribution is -2.48. The van der Waals surface area contributed by atoms with Gasteiger partial charge in [-0.15, -0.1) is 0 Å². The smallest absolute Gasteiger partial charge is 0.223 e. The number of oxazole rings is 1. The fourth-order valence-electron chi connectivity index (χ4n) is 3.48. The maximum absolute atomic E-state index is 12.6. The summed E-state index contributed by atoms with van der Waals surface area (Å²) in [4.78, 5) is 21.0. The average molecular weight is 449 g/mol. The second-order valence-corrected chi connectivity index (χ2v) is 8.18. The average Bonchev–Trinajstić information content (AvgIpc) is 3.36. The number of hydrogen-bond acceptors (Lipinski definition) is 6. The molecule has 7 nitrogen and oxygen atoms in total. The van der Waals surface area contributed by atoms with Crippen molar-refractivity contribution in [3.63, 3.8) is 0 Å². The first-order valence-corrected chi connectivity index (χ1v) is 10.6. The van der Waals surface area contributed by atoms with Crippen LogP contribution in [0.4, 0.5) is 0 Å². The molecule has 1 saturated heterocycles. The van der Waals surface area contributed by atoms with E-state index in [1.807, 2.05) is 17.9 Å². The molecule has 1 aromatic carbocycles. The van der Waals surface area contributed by atoms with Gasteiger partial charge in [-0.05, 0) is 25.1 Å². The molecule has 0 N–H and O–H groups in total. The molecule has 158 valence electrons. The van der Waals surface area contributed by atoms with E-state index in [9.17, 15) is 4.79 Å². The Morgan fingerprint density at radius 1 is 1.17 bits per heavy atom. The van der Waals surface area contributed by atoms with Gasteiger partial charge in [0.05, 0.1) is 23.5 Å². The highest BCUT2D eigenvalue weighted by molar-refractivity contribution is 6.36. The van der Waals surface area contributed by atoms with E-state index in [4.69, 9.17) is 32.1 Å². The molecule has 1 fully saturated rings. The molecule has 0 radical (unpaired) electrons. The zero-order valence-electron chi connectivity index (χ0n) is 16.6. The highest BCUT2D eigenvalue weighted by atomic mass is 35.5. The van der Waals surface area contributed by atoms with Crippen LogP contribution in [0.5, 0.6) is 0 Å². The first kappa shape index (κ1) is 20.9. The normalized spacial score (nSPS) is 15.0. The number of nitrogens with zero attached hydrogens (tertiary/aromatic N) is 4. The molecule has 1 amide bonds. The number of amides is 1. The topological polar surface area (TPSA) is 75.6 Å². The van der Waals surface area contributed by atoms with Gasteiger partial charge in [0.2, 0.25) is 5.91 Å². The lowest BCUT2D eigenvalue weighted by atomic mass is 10.2. The molecule has 0 bridgehead atoms. The Morgan fingerprint density at radius 2 is 1.97 bits per heavy atom. The zero-order valence-corrected chi connectivity index (χ0v) is 18.1. The number of piperazine rings is 1. The molecule has 2 aromatic heterocycles. The Balaban J connectivity index is 1.26. The lowest BCUT2D eigenvalue weighted by Gasteiger charge is -2.34. The van der Waals surface area contributed by atoms with Crippen LogP contribution in [0.1, 0.15) is 23.8 Å². The number of carbonyl (C=O) groups excluding carboxylic acids is 1. The quantitative estimate of drug-likeness (QED) is 0.561. The summed E-state index contributed by atoms with van der Waals surface area (Å²) in [7, 11) is 0. The fourth-order valence-corrected chi connectivity index (χ4v) is 3.98. The van der Waals surface area contributed by atoms with Crippen molar-refractivity contribution in [3.8, 4) is 11.3 Å². The third-order valence-electron chi connectivity index (χ3n) is 5.08. The van der Waals surface area contributed by atoms with E-state index in [2.05, 4.69) is 15.0 Å². The Hall–Kier alpha value is -2.35. The Bertz CT molecular complexity index is 1020. The standard InChI is InChI=1S/C21H22Cl2N4O3/c1-14-10-16(30-25-14)13-26-6-8-27(9-7-26)21(28)5-4-20-24-12-19(29-20)17-3-2-15(22)11-18(17)23/h2-3,10-12H,4-9,13H2,1H3.